The van der Waals surface area contributed by atoms with Crippen molar-refractivity contribution >= 4 is 28.2 Å². The Morgan fingerprint density at radius 2 is 2.08 bits per heavy atom. The third kappa shape index (κ3) is 2.86. The number of thiophene rings is 1. The van der Waals surface area contributed by atoms with Gasteiger partial charge in [-0.25, -0.2) is 0 Å². The van der Waals surface area contributed by atoms with Crippen LogP contribution in [0.25, 0.3) is 0 Å². The zero-order valence-electron chi connectivity index (χ0n) is 14.2. The minimum absolute atomic E-state index is 0.0197. The van der Waals surface area contributed by atoms with E-state index in [2.05, 4.69) is 15.5 Å². The fourth-order valence-electron chi connectivity index (χ4n) is 4.59. The molecule has 1 aromatic heterocycles. The highest BCUT2D eigenvalue weighted by atomic mass is 32.1. The molecule has 0 radical (unpaired) electrons. The first-order valence-corrected chi connectivity index (χ1v) is 9.88. The van der Waals surface area contributed by atoms with Crippen LogP contribution in [0, 0.1) is 5.92 Å². The number of piperidine rings is 1. The summed E-state index contributed by atoms with van der Waals surface area (Å²) in [4.78, 5) is 28.5. The normalized spacial score (nSPS) is 25.5. The van der Waals surface area contributed by atoms with E-state index in [1.807, 2.05) is 0 Å². The van der Waals surface area contributed by atoms with Crippen LogP contribution in [-0.4, -0.2) is 42.9 Å². The number of amides is 2. The van der Waals surface area contributed by atoms with Crippen molar-refractivity contribution < 1.29 is 9.59 Å². The second kappa shape index (κ2) is 6.48. The lowest BCUT2D eigenvalue weighted by atomic mass is 9.95. The van der Waals surface area contributed by atoms with E-state index in [1.165, 1.54) is 30.6 Å². The highest BCUT2D eigenvalue weighted by Gasteiger charge is 2.38. The first kappa shape index (κ1) is 16.1. The van der Waals surface area contributed by atoms with E-state index in [1.54, 1.807) is 18.4 Å². The fraction of sp³-hybridized carbons (Fsp3) is 0.667. The number of likely N-dealkylation sites (tertiary alicyclic amines) is 1. The minimum atomic E-state index is -0.0788. The molecule has 6 heteroatoms. The number of fused-ring (bicyclic) bond motifs is 3. The molecule has 2 aliphatic carbocycles. The Hall–Kier alpha value is -1.40. The van der Waals surface area contributed by atoms with Gasteiger partial charge in [-0.2, -0.15) is 0 Å². The van der Waals surface area contributed by atoms with E-state index in [9.17, 15) is 9.59 Å². The van der Waals surface area contributed by atoms with Gasteiger partial charge in [-0.05, 0) is 56.4 Å². The lowest BCUT2D eigenvalue weighted by molar-refractivity contribution is -0.117. The largest absolute Gasteiger partial charge is 0.355 e. The van der Waals surface area contributed by atoms with Gasteiger partial charge in [0.15, 0.2) is 0 Å². The number of nitrogens with zero attached hydrogens (tertiary/aromatic N) is 1. The summed E-state index contributed by atoms with van der Waals surface area (Å²) in [6.45, 7) is 1.51. The van der Waals surface area contributed by atoms with Crippen LogP contribution >= 0.6 is 11.3 Å². The maximum absolute atomic E-state index is 12.5. The van der Waals surface area contributed by atoms with Crippen molar-refractivity contribution in [3.8, 4) is 0 Å². The highest BCUT2D eigenvalue weighted by Crippen LogP contribution is 2.39. The second-order valence-corrected chi connectivity index (χ2v) is 8.41. The molecular formula is C18H25N3O2S. The topological polar surface area (TPSA) is 61.4 Å². The summed E-state index contributed by atoms with van der Waals surface area (Å²) >= 11 is 1.60. The molecule has 1 saturated heterocycles. The van der Waals surface area contributed by atoms with Gasteiger partial charge in [-0.1, -0.05) is 0 Å². The van der Waals surface area contributed by atoms with Crippen LogP contribution in [0.4, 0.5) is 5.00 Å². The SMILES string of the molecule is CNC(=O)c1c(NC(=O)CN2C[C@@H]3CC[C@@H]2C3)sc2c1CCCC2. The van der Waals surface area contributed by atoms with Crippen molar-refractivity contribution in [2.75, 3.05) is 25.5 Å². The molecule has 1 saturated carbocycles. The molecule has 3 aliphatic rings. The van der Waals surface area contributed by atoms with Crippen molar-refractivity contribution in [2.24, 2.45) is 5.92 Å². The van der Waals surface area contributed by atoms with Crippen LogP contribution in [0.1, 0.15) is 52.9 Å². The Kier molecular flexibility index (Phi) is 4.35. The van der Waals surface area contributed by atoms with Gasteiger partial charge in [0, 0.05) is 24.5 Å². The Labute approximate surface area is 146 Å². The monoisotopic (exact) mass is 347 g/mol. The molecule has 130 valence electrons. The second-order valence-electron chi connectivity index (χ2n) is 7.30. The number of aryl methyl sites for hydroxylation is 1. The van der Waals surface area contributed by atoms with Gasteiger partial charge in [-0.3, -0.25) is 14.5 Å². The summed E-state index contributed by atoms with van der Waals surface area (Å²) < 4.78 is 0. The average molecular weight is 347 g/mol. The molecular weight excluding hydrogens is 322 g/mol. The maximum Gasteiger partial charge on any atom is 0.254 e. The van der Waals surface area contributed by atoms with Crippen molar-refractivity contribution in [2.45, 2.75) is 51.0 Å². The third-order valence-electron chi connectivity index (χ3n) is 5.75. The van der Waals surface area contributed by atoms with Crippen LogP contribution in [0.2, 0.25) is 0 Å². The molecule has 2 atom stereocenters. The average Bonchev–Trinajstić information content (AvgIpc) is 3.27. The molecule has 0 unspecified atom stereocenters. The molecule has 0 aromatic carbocycles. The highest BCUT2D eigenvalue weighted by molar-refractivity contribution is 7.17. The molecule has 2 fully saturated rings. The Morgan fingerprint density at radius 1 is 1.25 bits per heavy atom. The number of hydrogen-bond donors (Lipinski definition) is 2. The van der Waals surface area contributed by atoms with Crippen molar-refractivity contribution in [3.63, 3.8) is 0 Å². The summed E-state index contributed by atoms with van der Waals surface area (Å²) in [6, 6.07) is 0.593. The van der Waals surface area contributed by atoms with Crippen molar-refractivity contribution in [1.82, 2.24) is 10.2 Å². The summed E-state index contributed by atoms with van der Waals surface area (Å²) in [7, 11) is 1.65. The Morgan fingerprint density at radius 3 is 2.79 bits per heavy atom. The smallest absolute Gasteiger partial charge is 0.254 e. The number of carbonyl (C=O) groups excluding carboxylic acids is 2. The summed E-state index contributed by atoms with van der Waals surface area (Å²) in [5, 5.41) is 6.52. The number of anilines is 1. The first-order chi connectivity index (χ1) is 11.7. The molecule has 1 aromatic rings. The molecule has 0 spiro atoms. The number of hydrogen-bond acceptors (Lipinski definition) is 4. The Balaban J connectivity index is 1.50. The molecule has 5 nitrogen and oxygen atoms in total. The van der Waals surface area contributed by atoms with Gasteiger partial charge < -0.3 is 10.6 Å². The fourth-order valence-corrected chi connectivity index (χ4v) is 5.89. The number of nitrogens with one attached hydrogen (secondary N) is 2. The lowest BCUT2D eigenvalue weighted by Crippen LogP contribution is -2.38. The summed E-state index contributed by atoms with van der Waals surface area (Å²) in [5.74, 6) is 0.731. The van der Waals surface area contributed by atoms with E-state index in [4.69, 9.17) is 0 Å². The first-order valence-electron chi connectivity index (χ1n) is 9.06. The van der Waals surface area contributed by atoms with Crippen LogP contribution < -0.4 is 10.6 Å². The summed E-state index contributed by atoms with van der Waals surface area (Å²) in [5.41, 5.74) is 1.86. The van der Waals surface area contributed by atoms with Gasteiger partial charge in [0.05, 0.1) is 12.1 Å². The predicted octanol–water partition coefficient (Wildman–Crippen LogP) is 2.41. The molecule has 4 rings (SSSR count). The third-order valence-corrected chi connectivity index (χ3v) is 6.95. The molecule has 2 heterocycles. The lowest BCUT2D eigenvalue weighted by Gasteiger charge is -2.25. The molecule has 1 aliphatic heterocycles. The maximum atomic E-state index is 12.5. The van der Waals surface area contributed by atoms with Gasteiger partial charge >= 0.3 is 0 Å². The van der Waals surface area contributed by atoms with Gasteiger partial charge in [0.1, 0.15) is 5.00 Å². The number of carbonyl (C=O) groups is 2. The summed E-state index contributed by atoms with van der Waals surface area (Å²) in [6.07, 6.45) is 8.07. The van der Waals surface area contributed by atoms with Crippen LogP contribution in [0.15, 0.2) is 0 Å². The van der Waals surface area contributed by atoms with E-state index in [-0.39, 0.29) is 11.8 Å². The van der Waals surface area contributed by atoms with E-state index in [0.29, 0.717) is 18.2 Å². The van der Waals surface area contributed by atoms with Gasteiger partial charge in [0.2, 0.25) is 5.91 Å². The quantitative estimate of drug-likeness (QED) is 0.879. The van der Waals surface area contributed by atoms with Crippen molar-refractivity contribution in [3.05, 3.63) is 16.0 Å². The van der Waals surface area contributed by atoms with E-state index >= 15 is 0 Å². The number of rotatable bonds is 4. The Bertz CT molecular complexity index is 669. The van der Waals surface area contributed by atoms with Crippen LogP contribution in [0.5, 0.6) is 0 Å². The van der Waals surface area contributed by atoms with E-state index < -0.39 is 0 Å². The predicted molar refractivity (Wildman–Crippen MR) is 95.7 cm³/mol. The standard InChI is InChI=1S/C18H25N3O2S/c1-19-17(23)16-13-4-2-3-5-14(13)24-18(16)20-15(22)10-21-9-11-6-7-12(21)8-11/h11-12H,2-10H2,1H3,(H,19,23)(H,20,22)/t11-,12-/m1/s1. The van der Waals surface area contributed by atoms with Crippen LogP contribution in [0.3, 0.4) is 0 Å². The van der Waals surface area contributed by atoms with Crippen LogP contribution in [-0.2, 0) is 17.6 Å². The molecule has 2 N–H and O–H groups in total. The minimum Gasteiger partial charge on any atom is -0.355 e. The van der Waals surface area contributed by atoms with Gasteiger partial charge in [-0.15, -0.1) is 11.3 Å². The zero-order chi connectivity index (χ0) is 16.7. The van der Waals surface area contributed by atoms with Gasteiger partial charge in [0.25, 0.3) is 5.91 Å². The molecule has 2 bridgehead atoms. The van der Waals surface area contributed by atoms with E-state index in [0.717, 1.165) is 42.3 Å². The molecule has 24 heavy (non-hydrogen) atoms. The van der Waals surface area contributed by atoms with Crippen molar-refractivity contribution in [1.29, 1.82) is 0 Å². The molecule has 2 amide bonds. The zero-order valence-corrected chi connectivity index (χ0v) is 15.0.